The molecule has 0 aromatic heterocycles. The fraction of sp³-hybridized carbons (Fsp3) is 0.667. The summed E-state index contributed by atoms with van der Waals surface area (Å²) < 4.78 is 0. The van der Waals surface area contributed by atoms with Crippen molar-refractivity contribution < 1.29 is 39.5 Å². The molecule has 1 amide bonds. The van der Waals surface area contributed by atoms with Crippen molar-refractivity contribution in [2.45, 2.75) is 6.92 Å². The Morgan fingerprint density at radius 2 is 1.57 bits per heavy atom. The van der Waals surface area contributed by atoms with Gasteiger partial charge in [0, 0.05) is 6.92 Å². The van der Waals surface area contributed by atoms with E-state index in [0.29, 0.717) is 0 Å². The third kappa shape index (κ3) is 682. The fourth-order valence-corrected chi connectivity index (χ4v) is 0. The first-order chi connectivity index (χ1) is 2.73. The zero-order chi connectivity index (χ0) is 5.58. The molecule has 0 bridgehead atoms. The van der Waals surface area contributed by atoms with Gasteiger partial charge in [-0.05, 0) is 0 Å². The maximum atomic E-state index is 9.22. The topological polar surface area (TPSA) is 66.2 Å². The minimum absolute atomic E-state index is 0. The van der Waals surface area contributed by atoms with Crippen LogP contribution < -0.4 is 40.4 Å². The van der Waals surface area contributed by atoms with Crippen molar-refractivity contribution in [1.29, 1.82) is 0 Å². The van der Waals surface area contributed by atoms with Crippen LogP contribution in [0.1, 0.15) is 6.92 Å². The summed E-state index contributed by atoms with van der Waals surface area (Å²) in [6.07, 6.45) is 0. The van der Waals surface area contributed by atoms with E-state index < -0.39 is 0 Å². The quantitative estimate of drug-likeness (QED) is 0.321. The molecular weight excluding hydrogens is 105 g/mol. The normalized spacial score (nSPS) is 4.43. The summed E-state index contributed by atoms with van der Waals surface area (Å²) in [4.78, 5) is 9.22. The van der Waals surface area contributed by atoms with Gasteiger partial charge in [0.15, 0.2) is 0 Å². The second-order valence-corrected chi connectivity index (χ2v) is 0.611. The van der Waals surface area contributed by atoms with E-state index in [0.717, 1.165) is 7.11 Å². The largest absolute Gasteiger partial charge is 1.00 e. The predicted molar refractivity (Wildman–Crippen MR) is 20.8 cm³/mol. The second kappa shape index (κ2) is 16.1. The number of hydrogen-bond donors (Lipinski definition) is 1. The first-order valence-electron chi connectivity index (χ1n) is 1.40. The molecular formula is C3H8NNaO2. The van der Waals surface area contributed by atoms with Crippen molar-refractivity contribution in [1.82, 2.24) is 0 Å². The maximum Gasteiger partial charge on any atom is 1.00 e. The molecule has 0 heterocycles. The molecule has 0 saturated heterocycles. The van der Waals surface area contributed by atoms with E-state index in [2.05, 4.69) is 5.73 Å². The number of nitrogens with two attached hydrogens (primary N) is 1. The van der Waals surface area contributed by atoms with E-state index in [1.807, 2.05) is 0 Å². The zero-order valence-electron chi connectivity index (χ0n) is 4.89. The van der Waals surface area contributed by atoms with Crippen molar-refractivity contribution in [3.8, 4) is 0 Å². The minimum atomic E-state index is -0.333. The number of primary amides is 1. The van der Waals surface area contributed by atoms with E-state index in [1.54, 1.807) is 0 Å². The van der Waals surface area contributed by atoms with E-state index >= 15 is 0 Å². The van der Waals surface area contributed by atoms with Crippen LogP contribution in [0.2, 0.25) is 0 Å². The SMILES string of the molecule is CC(N)=O.C[O-].[Na+]. The van der Waals surface area contributed by atoms with Gasteiger partial charge in [0.25, 0.3) is 0 Å². The molecule has 0 aromatic carbocycles. The minimum Gasteiger partial charge on any atom is -0.857 e. The van der Waals surface area contributed by atoms with Crippen LogP contribution in [0.15, 0.2) is 0 Å². The Balaban J connectivity index is -0.0000000480. The first-order valence-corrected chi connectivity index (χ1v) is 1.40. The van der Waals surface area contributed by atoms with Crippen LogP contribution in [0.5, 0.6) is 0 Å². The standard InChI is InChI=1S/C2H5NO.CH3O.Na/c1-2(3)4;1-2;/h1H3,(H2,3,4);1H3;/q;-1;+1. The Bertz CT molecular complexity index is 35.9. The Morgan fingerprint density at radius 1 is 1.57 bits per heavy atom. The van der Waals surface area contributed by atoms with Crippen molar-refractivity contribution in [2.24, 2.45) is 5.73 Å². The smallest absolute Gasteiger partial charge is 0.857 e. The van der Waals surface area contributed by atoms with Gasteiger partial charge < -0.3 is 10.8 Å². The Labute approximate surface area is 65.2 Å². The molecule has 0 unspecified atom stereocenters. The molecule has 0 spiro atoms. The summed E-state index contributed by atoms with van der Waals surface area (Å²) in [5.74, 6) is -0.333. The monoisotopic (exact) mass is 113 g/mol. The molecule has 0 aliphatic rings. The number of hydrogen-bond acceptors (Lipinski definition) is 2. The van der Waals surface area contributed by atoms with Crippen molar-refractivity contribution in [2.75, 3.05) is 7.11 Å². The van der Waals surface area contributed by atoms with Crippen molar-refractivity contribution in [3.63, 3.8) is 0 Å². The average Bonchev–Trinajstić information content (AvgIpc) is 1.41. The summed E-state index contributed by atoms with van der Waals surface area (Å²) in [6, 6.07) is 0. The Morgan fingerprint density at radius 3 is 1.57 bits per heavy atom. The fourth-order valence-electron chi connectivity index (χ4n) is 0. The molecule has 3 nitrogen and oxygen atoms in total. The number of carbonyl (C=O) groups is 1. The van der Waals surface area contributed by atoms with E-state index in [9.17, 15) is 4.79 Å². The van der Waals surface area contributed by atoms with E-state index in [1.165, 1.54) is 6.92 Å². The van der Waals surface area contributed by atoms with Gasteiger partial charge in [-0.25, -0.2) is 0 Å². The summed E-state index contributed by atoms with van der Waals surface area (Å²) in [7, 11) is 0.750. The number of rotatable bonds is 0. The third-order valence-corrected chi connectivity index (χ3v) is 0. The van der Waals surface area contributed by atoms with Gasteiger partial charge in [-0.15, -0.1) is 0 Å². The van der Waals surface area contributed by atoms with Gasteiger partial charge in [0.1, 0.15) is 0 Å². The van der Waals surface area contributed by atoms with Crippen LogP contribution in [-0.4, -0.2) is 13.0 Å². The average molecular weight is 113 g/mol. The second-order valence-electron chi connectivity index (χ2n) is 0.611. The molecule has 0 aromatic rings. The van der Waals surface area contributed by atoms with Gasteiger partial charge in [0.05, 0.1) is 0 Å². The van der Waals surface area contributed by atoms with Gasteiger partial charge in [0.2, 0.25) is 5.91 Å². The molecule has 0 atom stereocenters. The molecule has 0 radical (unpaired) electrons. The number of carbonyl (C=O) groups excluding carboxylic acids is 1. The summed E-state index contributed by atoms with van der Waals surface area (Å²) in [5, 5.41) is 8.25. The maximum absolute atomic E-state index is 9.22. The third-order valence-electron chi connectivity index (χ3n) is 0. The summed E-state index contributed by atoms with van der Waals surface area (Å²) >= 11 is 0. The van der Waals surface area contributed by atoms with Crippen molar-refractivity contribution in [3.05, 3.63) is 0 Å². The van der Waals surface area contributed by atoms with Crippen LogP contribution in [0.3, 0.4) is 0 Å². The van der Waals surface area contributed by atoms with Crippen molar-refractivity contribution >= 4 is 5.91 Å². The van der Waals surface area contributed by atoms with E-state index in [4.69, 9.17) is 5.11 Å². The molecule has 0 aliphatic carbocycles. The van der Waals surface area contributed by atoms with Gasteiger partial charge in [-0.1, -0.05) is 0 Å². The molecule has 0 aliphatic heterocycles. The first kappa shape index (κ1) is 15.7. The predicted octanol–water partition coefficient (Wildman–Crippen LogP) is -4.53. The molecule has 7 heavy (non-hydrogen) atoms. The molecule has 0 rings (SSSR count). The zero-order valence-corrected chi connectivity index (χ0v) is 6.89. The van der Waals surface area contributed by atoms with Gasteiger partial charge in [-0.3, -0.25) is 4.79 Å². The van der Waals surface area contributed by atoms with Gasteiger partial charge in [-0.2, -0.15) is 7.11 Å². The van der Waals surface area contributed by atoms with Gasteiger partial charge >= 0.3 is 29.6 Å². The summed E-state index contributed by atoms with van der Waals surface area (Å²) in [5.41, 5.74) is 4.47. The Hall–Kier alpha value is 0.430. The van der Waals surface area contributed by atoms with Crippen LogP contribution in [0, 0.1) is 0 Å². The van der Waals surface area contributed by atoms with Crippen LogP contribution in [0.4, 0.5) is 0 Å². The van der Waals surface area contributed by atoms with Crippen LogP contribution in [-0.2, 0) is 4.79 Å². The van der Waals surface area contributed by atoms with Crippen LogP contribution >= 0.6 is 0 Å². The Kier molecular flexibility index (Phi) is 36.0. The van der Waals surface area contributed by atoms with Crippen LogP contribution in [0.25, 0.3) is 0 Å². The molecule has 38 valence electrons. The number of amides is 1. The molecule has 2 N–H and O–H groups in total. The molecule has 4 heteroatoms. The molecule has 0 saturated carbocycles. The van der Waals surface area contributed by atoms with E-state index in [-0.39, 0.29) is 35.5 Å². The molecule has 0 fully saturated rings. The summed E-state index contributed by atoms with van der Waals surface area (Å²) in [6.45, 7) is 1.31.